The average molecular weight is 294 g/mol. The van der Waals surface area contributed by atoms with E-state index >= 15 is 0 Å². The highest BCUT2D eigenvalue weighted by atomic mass is 16.6. The summed E-state index contributed by atoms with van der Waals surface area (Å²) in [6.45, 7) is 0. The summed E-state index contributed by atoms with van der Waals surface area (Å²) in [5.74, 6) is 0.521. The van der Waals surface area contributed by atoms with Crippen molar-refractivity contribution < 1.29 is 4.92 Å². The SMILES string of the molecule is Cn1nc(-c2ccccc2)c(-c2ccc([N+](=O)[O-])cc2)c1N. The first-order valence-electron chi connectivity index (χ1n) is 6.70. The molecule has 0 amide bonds. The maximum absolute atomic E-state index is 10.8. The van der Waals surface area contributed by atoms with Crippen LogP contribution in [-0.2, 0) is 7.05 Å². The van der Waals surface area contributed by atoms with E-state index in [0.29, 0.717) is 5.82 Å². The fraction of sp³-hybridized carbons (Fsp3) is 0.0625. The fourth-order valence-corrected chi connectivity index (χ4v) is 2.37. The third kappa shape index (κ3) is 2.31. The number of hydrogen-bond donors (Lipinski definition) is 1. The highest BCUT2D eigenvalue weighted by Gasteiger charge is 2.18. The Bertz CT molecular complexity index is 823. The number of nitro groups is 1. The zero-order chi connectivity index (χ0) is 15.7. The maximum atomic E-state index is 10.8. The topological polar surface area (TPSA) is 87.0 Å². The molecule has 1 heterocycles. The third-order valence-electron chi connectivity index (χ3n) is 3.51. The molecular weight excluding hydrogens is 280 g/mol. The number of benzene rings is 2. The lowest BCUT2D eigenvalue weighted by Crippen LogP contribution is -1.98. The van der Waals surface area contributed by atoms with E-state index in [1.54, 1.807) is 23.9 Å². The van der Waals surface area contributed by atoms with Crippen LogP contribution in [-0.4, -0.2) is 14.7 Å². The van der Waals surface area contributed by atoms with Gasteiger partial charge in [-0.25, -0.2) is 0 Å². The number of nitrogens with two attached hydrogens (primary N) is 1. The van der Waals surface area contributed by atoms with Crippen LogP contribution in [0.1, 0.15) is 0 Å². The molecule has 0 saturated carbocycles. The molecule has 3 aromatic rings. The van der Waals surface area contributed by atoms with E-state index in [4.69, 9.17) is 5.73 Å². The number of aryl methyl sites for hydroxylation is 1. The molecule has 0 aliphatic heterocycles. The van der Waals surface area contributed by atoms with Crippen molar-refractivity contribution in [2.24, 2.45) is 7.05 Å². The lowest BCUT2D eigenvalue weighted by Gasteiger charge is -2.04. The summed E-state index contributed by atoms with van der Waals surface area (Å²) in [4.78, 5) is 10.4. The van der Waals surface area contributed by atoms with Gasteiger partial charge in [-0.05, 0) is 17.7 Å². The van der Waals surface area contributed by atoms with Gasteiger partial charge >= 0.3 is 0 Å². The number of nitrogens with zero attached hydrogens (tertiary/aromatic N) is 3. The molecule has 110 valence electrons. The van der Waals surface area contributed by atoms with Gasteiger partial charge in [-0.1, -0.05) is 30.3 Å². The number of nitro benzene ring substituents is 1. The summed E-state index contributed by atoms with van der Waals surface area (Å²) in [7, 11) is 1.77. The van der Waals surface area contributed by atoms with E-state index in [2.05, 4.69) is 5.10 Å². The van der Waals surface area contributed by atoms with E-state index in [1.165, 1.54) is 12.1 Å². The lowest BCUT2D eigenvalue weighted by molar-refractivity contribution is -0.384. The molecule has 0 bridgehead atoms. The summed E-state index contributed by atoms with van der Waals surface area (Å²) in [5, 5.41) is 15.2. The van der Waals surface area contributed by atoms with Gasteiger partial charge in [-0.3, -0.25) is 14.8 Å². The Balaban J connectivity index is 2.16. The minimum Gasteiger partial charge on any atom is -0.383 e. The van der Waals surface area contributed by atoms with E-state index in [9.17, 15) is 10.1 Å². The molecule has 0 aliphatic carbocycles. The molecule has 0 aliphatic rings. The van der Waals surface area contributed by atoms with Crippen LogP contribution in [0.4, 0.5) is 11.5 Å². The second-order valence-corrected chi connectivity index (χ2v) is 4.90. The monoisotopic (exact) mass is 294 g/mol. The fourth-order valence-electron chi connectivity index (χ4n) is 2.37. The second kappa shape index (κ2) is 5.33. The molecule has 6 nitrogen and oxygen atoms in total. The molecule has 6 heteroatoms. The van der Waals surface area contributed by atoms with Crippen LogP contribution in [0, 0.1) is 10.1 Å². The van der Waals surface area contributed by atoms with Gasteiger partial charge in [0.05, 0.1) is 10.5 Å². The lowest BCUT2D eigenvalue weighted by atomic mass is 10.0. The van der Waals surface area contributed by atoms with Crippen LogP contribution in [0.5, 0.6) is 0 Å². The molecule has 0 atom stereocenters. The zero-order valence-corrected chi connectivity index (χ0v) is 11.9. The number of aromatic nitrogens is 2. The van der Waals surface area contributed by atoms with Crippen LogP contribution in [0.15, 0.2) is 54.6 Å². The summed E-state index contributed by atoms with van der Waals surface area (Å²) >= 11 is 0. The van der Waals surface area contributed by atoms with E-state index < -0.39 is 4.92 Å². The van der Waals surface area contributed by atoms with Gasteiger partial charge in [0.15, 0.2) is 0 Å². The van der Waals surface area contributed by atoms with Crippen molar-refractivity contribution in [1.29, 1.82) is 0 Å². The number of non-ortho nitro benzene ring substituents is 1. The van der Waals surface area contributed by atoms with Crippen LogP contribution in [0.25, 0.3) is 22.4 Å². The van der Waals surface area contributed by atoms with Gasteiger partial charge in [0.1, 0.15) is 11.5 Å². The first kappa shape index (κ1) is 13.8. The molecule has 0 spiro atoms. The maximum Gasteiger partial charge on any atom is 0.269 e. The Kier molecular flexibility index (Phi) is 3.34. The van der Waals surface area contributed by atoms with Crippen molar-refractivity contribution >= 4 is 11.5 Å². The van der Waals surface area contributed by atoms with Gasteiger partial charge in [0, 0.05) is 24.7 Å². The summed E-state index contributed by atoms with van der Waals surface area (Å²) in [6, 6.07) is 16.0. The summed E-state index contributed by atoms with van der Waals surface area (Å²) in [6.07, 6.45) is 0. The number of anilines is 1. The number of rotatable bonds is 3. The minimum absolute atomic E-state index is 0.0486. The van der Waals surface area contributed by atoms with Crippen LogP contribution in [0.2, 0.25) is 0 Å². The van der Waals surface area contributed by atoms with Crippen LogP contribution < -0.4 is 5.73 Å². The Morgan fingerprint density at radius 2 is 1.68 bits per heavy atom. The van der Waals surface area contributed by atoms with E-state index in [0.717, 1.165) is 22.4 Å². The zero-order valence-electron chi connectivity index (χ0n) is 11.9. The first-order chi connectivity index (χ1) is 10.6. The second-order valence-electron chi connectivity index (χ2n) is 4.90. The number of hydrogen-bond acceptors (Lipinski definition) is 4. The van der Waals surface area contributed by atoms with Crippen molar-refractivity contribution in [2.75, 3.05) is 5.73 Å². The molecule has 0 fully saturated rings. The molecule has 3 rings (SSSR count). The standard InChI is InChI=1S/C16H14N4O2/c1-19-16(17)14(11-7-9-13(10-8-11)20(21)22)15(18-19)12-5-3-2-4-6-12/h2-10H,17H2,1H3. The van der Waals surface area contributed by atoms with Crippen molar-refractivity contribution in [2.45, 2.75) is 0 Å². The summed E-state index contributed by atoms with van der Waals surface area (Å²) < 4.78 is 1.61. The van der Waals surface area contributed by atoms with Gasteiger partial charge < -0.3 is 5.73 Å². The normalized spacial score (nSPS) is 10.6. The van der Waals surface area contributed by atoms with E-state index in [-0.39, 0.29) is 5.69 Å². The first-order valence-corrected chi connectivity index (χ1v) is 6.70. The highest BCUT2D eigenvalue weighted by Crippen LogP contribution is 2.36. The molecule has 0 radical (unpaired) electrons. The van der Waals surface area contributed by atoms with Gasteiger partial charge in [-0.15, -0.1) is 0 Å². The Morgan fingerprint density at radius 1 is 1.05 bits per heavy atom. The van der Waals surface area contributed by atoms with E-state index in [1.807, 2.05) is 30.3 Å². The largest absolute Gasteiger partial charge is 0.383 e. The smallest absolute Gasteiger partial charge is 0.269 e. The predicted octanol–water partition coefficient (Wildman–Crippen LogP) is 3.24. The quantitative estimate of drug-likeness (QED) is 0.593. The van der Waals surface area contributed by atoms with Crippen LogP contribution >= 0.6 is 0 Å². The number of nitrogen functional groups attached to an aromatic ring is 1. The Morgan fingerprint density at radius 3 is 2.27 bits per heavy atom. The predicted molar refractivity (Wildman–Crippen MR) is 85.1 cm³/mol. The van der Waals surface area contributed by atoms with Gasteiger partial charge in [0.2, 0.25) is 0 Å². The Hall–Kier alpha value is -3.15. The van der Waals surface area contributed by atoms with Gasteiger partial charge in [-0.2, -0.15) is 5.10 Å². The molecule has 0 unspecified atom stereocenters. The van der Waals surface area contributed by atoms with Crippen LogP contribution in [0.3, 0.4) is 0 Å². The van der Waals surface area contributed by atoms with Crippen molar-refractivity contribution in [3.63, 3.8) is 0 Å². The Labute approximate surface area is 127 Å². The molecular formula is C16H14N4O2. The van der Waals surface area contributed by atoms with Crippen molar-refractivity contribution in [1.82, 2.24) is 9.78 Å². The molecule has 0 saturated heterocycles. The average Bonchev–Trinajstić information content (AvgIpc) is 2.84. The third-order valence-corrected chi connectivity index (χ3v) is 3.51. The van der Waals surface area contributed by atoms with Crippen molar-refractivity contribution in [3.05, 3.63) is 64.7 Å². The highest BCUT2D eigenvalue weighted by molar-refractivity contribution is 5.88. The summed E-state index contributed by atoms with van der Waals surface area (Å²) in [5.41, 5.74) is 9.47. The van der Waals surface area contributed by atoms with Crippen molar-refractivity contribution in [3.8, 4) is 22.4 Å². The molecule has 1 aromatic heterocycles. The molecule has 2 N–H and O–H groups in total. The van der Waals surface area contributed by atoms with Gasteiger partial charge in [0.25, 0.3) is 5.69 Å². The molecule has 2 aromatic carbocycles. The molecule has 22 heavy (non-hydrogen) atoms. The minimum atomic E-state index is -0.422.